The van der Waals surface area contributed by atoms with Crippen molar-refractivity contribution in [1.29, 1.82) is 0 Å². The predicted octanol–water partition coefficient (Wildman–Crippen LogP) is 7.68. The summed E-state index contributed by atoms with van der Waals surface area (Å²) in [5.74, 6) is 0.770. The van der Waals surface area contributed by atoms with E-state index in [1.807, 2.05) is 59.4 Å². The van der Waals surface area contributed by atoms with Gasteiger partial charge < -0.3 is 0 Å². The fourth-order valence-corrected chi connectivity index (χ4v) is 3.95. The number of hydrogen-bond donors (Lipinski definition) is 0. The SMILES string of the molecule is [Cl][Co][Cl].c1ccc(-c2cc(-c3ccccc3)n(-c3ccc4ccc5cccnc5c4n3)n2)cc1. The maximum atomic E-state index is 5.00. The van der Waals surface area contributed by atoms with Crippen molar-refractivity contribution in [3.8, 4) is 28.3 Å². The second-order valence-corrected chi connectivity index (χ2v) is 9.21. The minimum Gasteiger partial charge on any atom is -0.254 e. The Balaban J connectivity index is 0.000000764. The third-order valence-corrected chi connectivity index (χ3v) is 5.48. The maximum absolute atomic E-state index is 5.00. The topological polar surface area (TPSA) is 43.6 Å². The first-order valence-electron chi connectivity index (χ1n) is 10.5. The van der Waals surface area contributed by atoms with Crippen molar-refractivity contribution < 1.29 is 12.9 Å². The van der Waals surface area contributed by atoms with Gasteiger partial charge in [0.2, 0.25) is 0 Å². The van der Waals surface area contributed by atoms with Gasteiger partial charge in [0.25, 0.3) is 0 Å². The Morgan fingerprint density at radius 2 is 1.26 bits per heavy atom. The molecule has 0 radical (unpaired) electrons. The van der Waals surface area contributed by atoms with E-state index in [9.17, 15) is 0 Å². The first kappa shape index (κ1) is 22.6. The second-order valence-electron chi connectivity index (χ2n) is 7.49. The van der Waals surface area contributed by atoms with Crippen LogP contribution in [0, 0.1) is 0 Å². The van der Waals surface area contributed by atoms with Crippen LogP contribution >= 0.6 is 20.3 Å². The van der Waals surface area contributed by atoms with Crippen LogP contribution in [0.3, 0.4) is 0 Å². The molecule has 6 rings (SSSR count). The summed E-state index contributed by atoms with van der Waals surface area (Å²) in [7, 11) is 9.47. The second kappa shape index (κ2) is 10.4. The Labute approximate surface area is 211 Å². The molecule has 0 atom stereocenters. The molecule has 0 bridgehead atoms. The molecule has 0 fully saturated rings. The zero-order valence-electron chi connectivity index (χ0n) is 17.8. The Morgan fingerprint density at radius 1 is 0.647 bits per heavy atom. The molecule has 0 amide bonds. The molecule has 3 aromatic carbocycles. The molecule has 0 saturated carbocycles. The Morgan fingerprint density at radius 3 is 1.97 bits per heavy atom. The molecule has 3 aromatic heterocycles. The quantitative estimate of drug-likeness (QED) is 0.222. The van der Waals surface area contributed by atoms with E-state index in [0.29, 0.717) is 12.9 Å². The van der Waals surface area contributed by atoms with Crippen LogP contribution in [-0.2, 0) is 12.9 Å². The molecule has 34 heavy (non-hydrogen) atoms. The Bertz CT molecular complexity index is 1550. The average molecular weight is 528 g/mol. The van der Waals surface area contributed by atoms with Gasteiger partial charge in [0.15, 0.2) is 5.82 Å². The first-order chi connectivity index (χ1) is 16.8. The molecule has 4 nitrogen and oxygen atoms in total. The molecule has 0 unspecified atom stereocenters. The van der Waals surface area contributed by atoms with Crippen LogP contribution in [0.5, 0.6) is 0 Å². The number of halogens is 2. The van der Waals surface area contributed by atoms with Crippen LogP contribution in [0.4, 0.5) is 0 Å². The van der Waals surface area contributed by atoms with E-state index in [1.165, 1.54) is 0 Å². The van der Waals surface area contributed by atoms with Gasteiger partial charge in [0, 0.05) is 28.1 Å². The van der Waals surface area contributed by atoms with Gasteiger partial charge in [-0.05, 0) is 24.3 Å². The van der Waals surface area contributed by atoms with Crippen molar-refractivity contribution in [2.24, 2.45) is 0 Å². The maximum Gasteiger partial charge on any atom is 0.154 e. The molecule has 0 spiro atoms. The molecular weight excluding hydrogens is 510 g/mol. The van der Waals surface area contributed by atoms with Crippen molar-refractivity contribution >= 4 is 42.1 Å². The van der Waals surface area contributed by atoms with E-state index in [-0.39, 0.29) is 0 Å². The summed E-state index contributed by atoms with van der Waals surface area (Å²) in [6.07, 6.45) is 1.81. The minimum atomic E-state index is 0.382. The van der Waals surface area contributed by atoms with E-state index in [1.54, 1.807) is 0 Å². The Hall–Kier alpha value is -3.22. The van der Waals surface area contributed by atoms with Crippen LogP contribution in [0.1, 0.15) is 0 Å². The van der Waals surface area contributed by atoms with Crippen molar-refractivity contribution in [1.82, 2.24) is 19.7 Å². The van der Waals surface area contributed by atoms with Gasteiger partial charge >= 0.3 is 33.2 Å². The van der Waals surface area contributed by atoms with Gasteiger partial charge in [-0.3, -0.25) is 4.98 Å². The average Bonchev–Trinajstić information content (AvgIpc) is 3.35. The largest absolute Gasteiger partial charge is 0.254 e. The van der Waals surface area contributed by atoms with Crippen LogP contribution in [0.15, 0.2) is 109 Å². The summed E-state index contributed by atoms with van der Waals surface area (Å²) < 4.78 is 1.93. The molecule has 0 saturated heterocycles. The molecule has 169 valence electrons. The van der Waals surface area contributed by atoms with E-state index in [4.69, 9.17) is 30.4 Å². The van der Waals surface area contributed by atoms with E-state index >= 15 is 0 Å². The summed E-state index contributed by atoms with van der Waals surface area (Å²) in [5, 5.41) is 7.09. The van der Waals surface area contributed by atoms with Crippen molar-refractivity contribution in [2.45, 2.75) is 0 Å². The van der Waals surface area contributed by atoms with Gasteiger partial charge in [-0.1, -0.05) is 78.9 Å². The summed E-state index contributed by atoms with van der Waals surface area (Å²) in [6, 6.07) is 34.9. The van der Waals surface area contributed by atoms with Crippen molar-refractivity contribution in [2.75, 3.05) is 0 Å². The normalized spacial score (nSPS) is 10.9. The van der Waals surface area contributed by atoms with E-state index in [0.717, 1.165) is 50.1 Å². The number of benzene rings is 3. The van der Waals surface area contributed by atoms with Crippen LogP contribution in [0.25, 0.3) is 50.1 Å². The third kappa shape index (κ3) is 4.56. The molecule has 0 aliphatic rings. The Kier molecular flexibility index (Phi) is 6.88. The summed E-state index contributed by atoms with van der Waals surface area (Å²) >= 11 is 0.382. The molecule has 0 N–H and O–H groups in total. The number of pyridine rings is 2. The number of hydrogen-bond acceptors (Lipinski definition) is 3. The number of aromatic nitrogens is 4. The van der Waals surface area contributed by atoms with Crippen LogP contribution in [-0.4, -0.2) is 19.7 Å². The molecular formula is C27H18Cl2CoN4. The van der Waals surface area contributed by atoms with Crippen molar-refractivity contribution in [3.63, 3.8) is 0 Å². The van der Waals surface area contributed by atoms with Gasteiger partial charge in [0.05, 0.1) is 22.4 Å². The fraction of sp³-hybridized carbons (Fsp3) is 0. The van der Waals surface area contributed by atoms with Gasteiger partial charge in [0.1, 0.15) is 0 Å². The smallest absolute Gasteiger partial charge is 0.154 e. The minimum absolute atomic E-state index is 0.382. The summed E-state index contributed by atoms with van der Waals surface area (Å²) in [5.41, 5.74) is 5.86. The van der Waals surface area contributed by atoms with Crippen LogP contribution < -0.4 is 0 Å². The first-order valence-corrected chi connectivity index (χ1v) is 13.3. The standard InChI is InChI=1S/C27H18N4.2ClH.Co/c1-3-8-19(9-4-1)23-18-24(20-10-5-2-6-11-20)31(30-23)25-16-15-22-14-13-21-12-7-17-28-26(21)27(22)29-25;;;/h1-18H;2*1H;/q;;;+2/p-2. The third-order valence-electron chi connectivity index (χ3n) is 5.48. The summed E-state index contributed by atoms with van der Waals surface area (Å²) in [4.78, 5) is 9.59. The van der Waals surface area contributed by atoms with E-state index < -0.39 is 0 Å². The predicted molar refractivity (Wildman–Crippen MR) is 137 cm³/mol. The van der Waals surface area contributed by atoms with Crippen LogP contribution in [0.2, 0.25) is 0 Å². The molecule has 0 aliphatic heterocycles. The molecule has 3 heterocycles. The monoisotopic (exact) mass is 527 g/mol. The van der Waals surface area contributed by atoms with E-state index in [2.05, 4.69) is 59.6 Å². The van der Waals surface area contributed by atoms with Gasteiger partial charge in [-0.15, -0.1) is 0 Å². The zero-order valence-corrected chi connectivity index (χ0v) is 20.3. The number of rotatable bonds is 3. The number of nitrogens with zero attached hydrogens (tertiary/aromatic N) is 4. The zero-order chi connectivity index (χ0) is 23.3. The van der Waals surface area contributed by atoms with Gasteiger partial charge in [-0.25, -0.2) is 9.67 Å². The molecule has 0 aliphatic carbocycles. The number of fused-ring (bicyclic) bond motifs is 3. The summed E-state index contributed by atoms with van der Waals surface area (Å²) in [6.45, 7) is 0. The molecule has 6 aromatic rings. The van der Waals surface area contributed by atoms with Gasteiger partial charge in [-0.2, -0.15) is 5.10 Å². The molecule has 7 heteroatoms. The van der Waals surface area contributed by atoms with Crippen molar-refractivity contribution in [3.05, 3.63) is 109 Å². The fourth-order valence-electron chi connectivity index (χ4n) is 3.95.